The average molecular weight is 289 g/mol. The summed E-state index contributed by atoms with van der Waals surface area (Å²) in [5, 5.41) is 0. The molecule has 1 aromatic carbocycles. The molecule has 1 aromatic rings. The van der Waals surface area contributed by atoms with Crippen molar-refractivity contribution in [3.05, 3.63) is 29.3 Å². The fraction of sp³-hybridized carbons (Fsp3) is 0.588. The average Bonchev–Trinajstić information content (AvgIpc) is 2.76. The van der Waals surface area contributed by atoms with Crippen LogP contribution in [-0.2, 0) is 6.42 Å². The molecule has 21 heavy (non-hydrogen) atoms. The summed E-state index contributed by atoms with van der Waals surface area (Å²) in [6.07, 6.45) is 5.93. The van der Waals surface area contributed by atoms with Crippen molar-refractivity contribution in [3.63, 3.8) is 0 Å². The van der Waals surface area contributed by atoms with Crippen LogP contribution >= 0.6 is 0 Å². The van der Waals surface area contributed by atoms with Gasteiger partial charge >= 0.3 is 0 Å². The Morgan fingerprint density at radius 2 is 1.95 bits per heavy atom. The molecule has 1 saturated heterocycles. The lowest BCUT2D eigenvalue weighted by Crippen LogP contribution is -2.38. The number of methoxy groups -OCH3 is 1. The number of hydrogen-bond acceptors (Lipinski definition) is 2. The number of rotatable bonds is 4. The molecular formula is C17H27N3O. The molecule has 0 amide bonds. The summed E-state index contributed by atoms with van der Waals surface area (Å²) in [4.78, 5) is 6.78. The van der Waals surface area contributed by atoms with Gasteiger partial charge in [-0.25, -0.2) is 0 Å². The van der Waals surface area contributed by atoms with Crippen molar-refractivity contribution in [2.75, 3.05) is 26.7 Å². The maximum absolute atomic E-state index is 6.13. The fourth-order valence-corrected chi connectivity index (χ4v) is 2.79. The topological polar surface area (TPSA) is 50.9 Å². The second-order valence-electron chi connectivity index (χ2n) is 5.71. The smallest absolute Gasteiger partial charge is 0.191 e. The molecule has 0 spiro atoms. The lowest BCUT2D eigenvalue weighted by atomic mass is 10.1. The van der Waals surface area contributed by atoms with Gasteiger partial charge in [-0.05, 0) is 37.8 Å². The minimum atomic E-state index is 0.698. The molecule has 0 atom stereocenters. The van der Waals surface area contributed by atoms with Crippen molar-refractivity contribution < 1.29 is 4.74 Å². The zero-order valence-corrected chi connectivity index (χ0v) is 13.3. The van der Waals surface area contributed by atoms with Gasteiger partial charge in [0.25, 0.3) is 0 Å². The van der Waals surface area contributed by atoms with Gasteiger partial charge in [-0.15, -0.1) is 0 Å². The monoisotopic (exact) mass is 289 g/mol. The van der Waals surface area contributed by atoms with Gasteiger partial charge in [0, 0.05) is 19.6 Å². The SMILES string of the molecule is COc1ccc(C)cc1CCN=C(N)N1CCCCCC1. The van der Waals surface area contributed by atoms with E-state index in [2.05, 4.69) is 28.9 Å². The van der Waals surface area contributed by atoms with Crippen molar-refractivity contribution in [2.24, 2.45) is 10.7 Å². The predicted molar refractivity (Wildman–Crippen MR) is 88.0 cm³/mol. The Labute approximate surface area is 128 Å². The number of nitrogens with zero attached hydrogens (tertiary/aromatic N) is 2. The number of aryl methyl sites for hydroxylation is 1. The van der Waals surface area contributed by atoms with Crippen molar-refractivity contribution in [3.8, 4) is 5.75 Å². The standard InChI is InChI=1S/C17H27N3O/c1-14-7-8-16(21-2)15(13-14)9-10-19-17(18)20-11-5-3-4-6-12-20/h7-8,13H,3-6,9-12H2,1-2H3,(H2,18,19). The van der Waals surface area contributed by atoms with Crippen LogP contribution in [-0.4, -0.2) is 37.6 Å². The highest BCUT2D eigenvalue weighted by Gasteiger charge is 2.10. The Hall–Kier alpha value is -1.71. The summed E-state index contributed by atoms with van der Waals surface area (Å²) >= 11 is 0. The maximum Gasteiger partial charge on any atom is 0.191 e. The zero-order chi connectivity index (χ0) is 15.1. The summed E-state index contributed by atoms with van der Waals surface area (Å²) in [5.41, 5.74) is 8.57. The Morgan fingerprint density at radius 1 is 1.24 bits per heavy atom. The maximum atomic E-state index is 6.13. The third-order valence-electron chi connectivity index (χ3n) is 4.02. The molecule has 0 radical (unpaired) electrons. The molecular weight excluding hydrogens is 262 g/mol. The van der Waals surface area contributed by atoms with Crippen LogP contribution in [0.4, 0.5) is 0 Å². The van der Waals surface area contributed by atoms with E-state index in [-0.39, 0.29) is 0 Å². The van der Waals surface area contributed by atoms with E-state index < -0.39 is 0 Å². The molecule has 1 aliphatic rings. The van der Waals surface area contributed by atoms with Crippen LogP contribution in [0, 0.1) is 6.92 Å². The van der Waals surface area contributed by atoms with Crippen molar-refractivity contribution in [2.45, 2.75) is 39.0 Å². The van der Waals surface area contributed by atoms with E-state index >= 15 is 0 Å². The van der Waals surface area contributed by atoms with Crippen LogP contribution in [0.2, 0.25) is 0 Å². The molecule has 116 valence electrons. The van der Waals surface area contributed by atoms with Gasteiger partial charge in [0.15, 0.2) is 5.96 Å². The van der Waals surface area contributed by atoms with E-state index in [1.165, 1.54) is 36.8 Å². The number of hydrogen-bond donors (Lipinski definition) is 1. The molecule has 0 aliphatic carbocycles. The van der Waals surface area contributed by atoms with E-state index in [1.807, 2.05) is 6.07 Å². The molecule has 4 heteroatoms. The first-order valence-corrected chi connectivity index (χ1v) is 7.89. The summed E-state index contributed by atoms with van der Waals surface area (Å²) in [7, 11) is 1.71. The highest BCUT2D eigenvalue weighted by atomic mass is 16.5. The minimum absolute atomic E-state index is 0.698. The van der Waals surface area contributed by atoms with E-state index in [9.17, 15) is 0 Å². The van der Waals surface area contributed by atoms with Gasteiger partial charge in [-0.2, -0.15) is 0 Å². The van der Waals surface area contributed by atoms with Gasteiger partial charge in [-0.3, -0.25) is 4.99 Å². The molecule has 2 N–H and O–H groups in total. The second-order valence-corrected chi connectivity index (χ2v) is 5.71. The van der Waals surface area contributed by atoms with Crippen LogP contribution in [0.5, 0.6) is 5.75 Å². The quantitative estimate of drug-likeness (QED) is 0.685. The van der Waals surface area contributed by atoms with Gasteiger partial charge < -0.3 is 15.4 Å². The molecule has 0 saturated carbocycles. The summed E-state index contributed by atoms with van der Waals surface area (Å²) in [6, 6.07) is 6.25. The zero-order valence-electron chi connectivity index (χ0n) is 13.3. The Morgan fingerprint density at radius 3 is 2.62 bits per heavy atom. The van der Waals surface area contributed by atoms with Gasteiger partial charge in [0.2, 0.25) is 0 Å². The Kier molecular flexibility index (Phi) is 5.90. The first-order valence-electron chi connectivity index (χ1n) is 7.89. The fourth-order valence-electron chi connectivity index (χ4n) is 2.79. The molecule has 4 nitrogen and oxygen atoms in total. The van der Waals surface area contributed by atoms with Crippen LogP contribution in [0.1, 0.15) is 36.8 Å². The van der Waals surface area contributed by atoms with E-state index in [4.69, 9.17) is 10.5 Å². The Balaban J connectivity index is 1.93. The Bertz CT molecular complexity index is 477. The lowest BCUT2D eigenvalue weighted by Gasteiger charge is -2.21. The molecule has 0 aromatic heterocycles. The van der Waals surface area contributed by atoms with Crippen LogP contribution in [0.25, 0.3) is 0 Å². The normalized spacial score (nSPS) is 16.7. The third kappa shape index (κ3) is 4.66. The van der Waals surface area contributed by atoms with Crippen LogP contribution < -0.4 is 10.5 Å². The number of likely N-dealkylation sites (tertiary alicyclic amines) is 1. The van der Waals surface area contributed by atoms with Crippen molar-refractivity contribution in [1.82, 2.24) is 4.90 Å². The summed E-state index contributed by atoms with van der Waals surface area (Å²) in [6.45, 7) is 4.89. The number of ether oxygens (including phenoxy) is 1. The molecule has 0 bridgehead atoms. The largest absolute Gasteiger partial charge is 0.496 e. The van der Waals surface area contributed by atoms with Gasteiger partial charge in [0.1, 0.15) is 5.75 Å². The predicted octanol–water partition coefficient (Wildman–Crippen LogP) is 2.74. The van der Waals surface area contributed by atoms with Crippen molar-refractivity contribution >= 4 is 5.96 Å². The molecule has 2 rings (SSSR count). The first kappa shape index (κ1) is 15.7. The number of guanidine groups is 1. The van der Waals surface area contributed by atoms with Crippen LogP contribution in [0.3, 0.4) is 0 Å². The minimum Gasteiger partial charge on any atom is -0.496 e. The van der Waals surface area contributed by atoms with E-state index in [1.54, 1.807) is 7.11 Å². The van der Waals surface area contributed by atoms with Gasteiger partial charge in [0.05, 0.1) is 7.11 Å². The summed E-state index contributed by atoms with van der Waals surface area (Å²) < 4.78 is 5.40. The van der Waals surface area contributed by atoms with Crippen LogP contribution in [0.15, 0.2) is 23.2 Å². The number of aliphatic imine (C=N–C) groups is 1. The number of benzene rings is 1. The lowest BCUT2D eigenvalue weighted by molar-refractivity contribution is 0.409. The first-order chi connectivity index (χ1) is 10.2. The molecule has 0 unspecified atom stereocenters. The third-order valence-corrected chi connectivity index (χ3v) is 4.02. The second kappa shape index (κ2) is 7.91. The molecule has 1 aliphatic heterocycles. The highest BCUT2D eigenvalue weighted by Crippen LogP contribution is 2.20. The molecule has 1 heterocycles. The number of nitrogens with two attached hydrogens (primary N) is 1. The summed E-state index contributed by atoms with van der Waals surface area (Å²) in [5.74, 6) is 1.63. The highest BCUT2D eigenvalue weighted by molar-refractivity contribution is 5.78. The van der Waals surface area contributed by atoms with Gasteiger partial charge in [-0.1, -0.05) is 30.5 Å². The molecule has 1 fully saturated rings. The van der Waals surface area contributed by atoms with E-state index in [0.29, 0.717) is 12.5 Å². The van der Waals surface area contributed by atoms with Crippen molar-refractivity contribution in [1.29, 1.82) is 0 Å². The van der Waals surface area contributed by atoms with E-state index in [0.717, 1.165) is 25.3 Å².